The molecule has 1 heterocycles. The molecule has 0 aliphatic heterocycles. The zero-order valence-electron chi connectivity index (χ0n) is 15.4. The molecular formula is C20H29N3OS. The van der Waals surface area contributed by atoms with Gasteiger partial charge in [0, 0.05) is 18.7 Å². The number of benzene rings is 1. The van der Waals surface area contributed by atoms with Crippen LogP contribution in [0.15, 0.2) is 29.4 Å². The van der Waals surface area contributed by atoms with E-state index in [9.17, 15) is 0 Å². The SMILES string of the molecule is CCn1c(CCC2CCCCC2)nnc1SCc1cccc(OC)c1. The number of rotatable bonds is 8. The van der Waals surface area contributed by atoms with E-state index in [2.05, 4.69) is 33.8 Å². The van der Waals surface area contributed by atoms with Gasteiger partial charge in [-0.3, -0.25) is 0 Å². The number of aromatic nitrogens is 3. The van der Waals surface area contributed by atoms with Crippen molar-refractivity contribution in [3.63, 3.8) is 0 Å². The van der Waals surface area contributed by atoms with Gasteiger partial charge in [0.15, 0.2) is 5.16 Å². The van der Waals surface area contributed by atoms with E-state index < -0.39 is 0 Å². The minimum atomic E-state index is 0.887. The first-order chi connectivity index (χ1) is 12.3. The van der Waals surface area contributed by atoms with Gasteiger partial charge in [-0.2, -0.15) is 0 Å². The molecule has 1 saturated carbocycles. The van der Waals surface area contributed by atoms with Gasteiger partial charge in [0.1, 0.15) is 11.6 Å². The van der Waals surface area contributed by atoms with Crippen molar-refractivity contribution in [2.24, 2.45) is 5.92 Å². The van der Waals surface area contributed by atoms with Crippen molar-refractivity contribution in [2.45, 2.75) is 69.3 Å². The number of hydrogen-bond acceptors (Lipinski definition) is 4. The maximum absolute atomic E-state index is 5.30. The summed E-state index contributed by atoms with van der Waals surface area (Å²) in [5.74, 6) is 3.84. The normalized spacial score (nSPS) is 15.4. The van der Waals surface area contributed by atoms with Gasteiger partial charge >= 0.3 is 0 Å². The van der Waals surface area contributed by atoms with Gasteiger partial charge in [-0.05, 0) is 37.0 Å². The van der Waals surface area contributed by atoms with Crippen LogP contribution in [0.3, 0.4) is 0 Å². The van der Waals surface area contributed by atoms with Gasteiger partial charge in [0.2, 0.25) is 0 Å². The molecule has 1 fully saturated rings. The summed E-state index contributed by atoms with van der Waals surface area (Å²) in [6, 6.07) is 8.23. The number of ether oxygens (including phenoxy) is 1. The molecule has 0 amide bonds. The molecule has 0 radical (unpaired) electrons. The Kier molecular flexibility index (Phi) is 6.79. The van der Waals surface area contributed by atoms with Crippen molar-refractivity contribution in [1.82, 2.24) is 14.8 Å². The lowest BCUT2D eigenvalue weighted by Crippen LogP contribution is -2.10. The Hall–Kier alpha value is -1.49. The minimum Gasteiger partial charge on any atom is -0.497 e. The predicted octanol–water partition coefficient (Wildman–Crippen LogP) is 5.11. The second-order valence-electron chi connectivity index (χ2n) is 6.83. The molecule has 0 saturated heterocycles. The number of methoxy groups -OCH3 is 1. The number of hydrogen-bond donors (Lipinski definition) is 0. The number of aryl methyl sites for hydroxylation is 1. The van der Waals surface area contributed by atoms with Crippen LogP contribution >= 0.6 is 11.8 Å². The van der Waals surface area contributed by atoms with Gasteiger partial charge in [-0.1, -0.05) is 56.0 Å². The van der Waals surface area contributed by atoms with E-state index in [-0.39, 0.29) is 0 Å². The maximum atomic E-state index is 5.30. The van der Waals surface area contributed by atoms with Gasteiger partial charge < -0.3 is 9.30 Å². The molecule has 1 aromatic carbocycles. The summed E-state index contributed by atoms with van der Waals surface area (Å²) in [5, 5.41) is 9.97. The molecule has 4 nitrogen and oxygen atoms in total. The Morgan fingerprint density at radius 3 is 2.80 bits per heavy atom. The van der Waals surface area contributed by atoms with E-state index in [4.69, 9.17) is 4.74 Å². The summed E-state index contributed by atoms with van der Waals surface area (Å²) in [4.78, 5) is 0. The Balaban J connectivity index is 1.58. The van der Waals surface area contributed by atoms with E-state index in [1.807, 2.05) is 12.1 Å². The Labute approximate surface area is 155 Å². The number of nitrogens with zero attached hydrogens (tertiary/aromatic N) is 3. The second kappa shape index (κ2) is 9.27. The Bertz CT molecular complexity index is 665. The molecule has 1 aliphatic rings. The molecule has 25 heavy (non-hydrogen) atoms. The molecule has 0 unspecified atom stereocenters. The first-order valence-electron chi connectivity index (χ1n) is 9.48. The fourth-order valence-corrected chi connectivity index (χ4v) is 4.61. The average Bonchev–Trinajstić information content (AvgIpc) is 3.07. The highest BCUT2D eigenvalue weighted by Gasteiger charge is 2.16. The highest BCUT2D eigenvalue weighted by atomic mass is 32.2. The molecule has 1 aromatic heterocycles. The van der Waals surface area contributed by atoms with Crippen LogP contribution in [-0.4, -0.2) is 21.9 Å². The summed E-state index contributed by atoms with van der Waals surface area (Å²) >= 11 is 1.76. The monoisotopic (exact) mass is 359 g/mol. The third-order valence-electron chi connectivity index (χ3n) is 5.11. The van der Waals surface area contributed by atoms with E-state index in [0.29, 0.717) is 0 Å². The lowest BCUT2D eigenvalue weighted by atomic mass is 9.86. The zero-order valence-corrected chi connectivity index (χ0v) is 16.2. The molecule has 0 spiro atoms. The first kappa shape index (κ1) is 18.3. The van der Waals surface area contributed by atoms with Crippen LogP contribution in [-0.2, 0) is 18.7 Å². The Morgan fingerprint density at radius 1 is 1.20 bits per heavy atom. The quantitative estimate of drug-likeness (QED) is 0.614. The van der Waals surface area contributed by atoms with Crippen LogP contribution in [0.25, 0.3) is 0 Å². The smallest absolute Gasteiger partial charge is 0.191 e. The molecule has 1 aliphatic carbocycles. The largest absolute Gasteiger partial charge is 0.497 e. The topological polar surface area (TPSA) is 39.9 Å². The molecule has 136 valence electrons. The van der Waals surface area contributed by atoms with Crippen LogP contribution in [0, 0.1) is 5.92 Å². The molecule has 0 N–H and O–H groups in total. The standard InChI is InChI=1S/C20H29N3OS/c1-3-23-19(13-12-16-8-5-4-6-9-16)21-22-20(23)25-15-17-10-7-11-18(14-17)24-2/h7,10-11,14,16H,3-6,8-9,12-13,15H2,1-2H3. The summed E-state index contributed by atoms with van der Waals surface area (Å²) in [6.45, 7) is 3.12. The van der Waals surface area contributed by atoms with Gasteiger partial charge in [-0.25, -0.2) is 0 Å². The van der Waals surface area contributed by atoms with E-state index >= 15 is 0 Å². The first-order valence-corrected chi connectivity index (χ1v) is 10.5. The molecule has 2 aromatic rings. The lowest BCUT2D eigenvalue weighted by Gasteiger charge is -2.21. The van der Waals surface area contributed by atoms with E-state index in [1.165, 1.54) is 44.1 Å². The van der Waals surface area contributed by atoms with Crippen molar-refractivity contribution >= 4 is 11.8 Å². The minimum absolute atomic E-state index is 0.887. The average molecular weight is 360 g/mol. The lowest BCUT2D eigenvalue weighted by molar-refractivity contribution is 0.335. The molecule has 0 atom stereocenters. The predicted molar refractivity (Wildman–Crippen MR) is 103 cm³/mol. The fraction of sp³-hybridized carbons (Fsp3) is 0.600. The van der Waals surface area contributed by atoms with Crippen molar-refractivity contribution in [2.75, 3.05) is 7.11 Å². The van der Waals surface area contributed by atoms with Crippen molar-refractivity contribution in [3.05, 3.63) is 35.7 Å². The highest BCUT2D eigenvalue weighted by Crippen LogP contribution is 2.28. The van der Waals surface area contributed by atoms with Gasteiger partial charge in [0.25, 0.3) is 0 Å². The van der Waals surface area contributed by atoms with Crippen LogP contribution in [0.4, 0.5) is 0 Å². The second-order valence-corrected chi connectivity index (χ2v) is 7.77. The Morgan fingerprint density at radius 2 is 2.04 bits per heavy atom. The zero-order chi connectivity index (χ0) is 17.5. The third kappa shape index (κ3) is 5.00. The summed E-state index contributed by atoms with van der Waals surface area (Å²) in [7, 11) is 1.71. The van der Waals surface area contributed by atoms with Crippen LogP contribution in [0.2, 0.25) is 0 Å². The van der Waals surface area contributed by atoms with Crippen LogP contribution in [0.1, 0.15) is 56.8 Å². The molecule has 5 heteroatoms. The summed E-state index contributed by atoms with van der Waals surface area (Å²) in [5.41, 5.74) is 1.25. The summed E-state index contributed by atoms with van der Waals surface area (Å²) in [6.07, 6.45) is 9.37. The van der Waals surface area contributed by atoms with Gasteiger partial charge in [-0.15, -0.1) is 10.2 Å². The van der Waals surface area contributed by atoms with Crippen molar-refractivity contribution in [1.29, 1.82) is 0 Å². The molecule has 3 rings (SSSR count). The third-order valence-corrected chi connectivity index (χ3v) is 6.15. The highest BCUT2D eigenvalue weighted by molar-refractivity contribution is 7.98. The maximum Gasteiger partial charge on any atom is 0.191 e. The van der Waals surface area contributed by atoms with Crippen LogP contribution in [0.5, 0.6) is 5.75 Å². The van der Waals surface area contributed by atoms with Crippen molar-refractivity contribution in [3.8, 4) is 5.75 Å². The summed E-state index contributed by atoms with van der Waals surface area (Å²) < 4.78 is 7.59. The van der Waals surface area contributed by atoms with Gasteiger partial charge in [0.05, 0.1) is 7.11 Å². The van der Waals surface area contributed by atoms with E-state index in [1.54, 1.807) is 18.9 Å². The van der Waals surface area contributed by atoms with Crippen LogP contribution < -0.4 is 4.74 Å². The molecular weight excluding hydrogens is 330 g/mol. The molecule has 0 bridgehead atoms. The van der Waals surface area contributed by atoms with Crippen molar-refractivity contribution < 1.29 is 4.74 Å². The fourth-order valence-electron chi connectivity index (χ4n) is 3.65. The van der Waals surface area contributed by atoms with E-state index in [0.717, 1.165) is 41.4 Å². The number of thioether (sulfide) groups is 1.